The summed E-state index contributed by atoms with van der Waals surface area (Å²) in [7, 11) is 0. The van der Waals surface area contributed by atoms with Crippen LogP contribution in [0.5, 0.6) is 0 Å². The Hall–Kier alpha value is -1.48. The molecule has 0 saturated carbocycles. The number of benzene rings is 1. The van der Waals surface area contributed by atoms with Crippen LogP contribution >= 0.6 is 0 Å². The lowest BCUT2D eigenvalue weighted by Gasteiger charge is -2.15. The topological polar surface area (TPSA) is 36.1 Å². The largest absolute Gasteiger partial charge is 0.381 e. The van der Waals surface area contributed by atoms with Crippen molar-refractivity contribution in [1.82, 2.24) is 5.32 Å². The zero-order chi connectivity index (χ0) is 17.6. The van der Waals surface area contributed by atoms with Gasteiger partial charge in [-0.05, 0) is 36.7 Å². The van der Waals surface area contributed by atoms with Crippen molar-refractivity contribution in [3.05, 3.63) is 29.8 Å². The van der Waals surface area contributed by atoms with Crippen molar-refractivity contribution in [2.24, 2.45) is 0 Å². The van der Waals surface area contributed by atoms with Crippen LogP contribution in [-0.4, -0.2) is 19.8 Å². The summed E-state index contributed by atoms with van der Waals surface area (Å²) < 4.78 is 0. The van der Waals surface area contributed by atoms with Crippen LogP contribution in [0.25, 0.3) is 6.08 Å². The molecule has 1 heterocycles. The van der Waals surface area contributed by atoms with Crippen molar-refractivity contribution >= 4 is 17.5 Å². The molecule has 0 fully saturated rings. The van der Waals surface area contributed by atoms with Gasteiger partial charge in [0.25, 0.3) is 0 Å². The number of fused-ring (bicyclic) bond motifs is 1. The minimum Gasteiger partial charge on any atom is -0.381 e. The van der Waals surface area contributed by atoms with Crippen LogP contribution in [0.2, 0.25) is 0 Å². The lowest BCUT2D eigenvalue weighted by molar-refractivity contribution is 0.547. The Morgan fingerprint density at radius 1 is 0.920 bits per heavy atom. The molecule has 2 rings (SSSR count). The van der Waals surface area contributed by atoms with E-state index in [1.807, 2.05) is 0 Å². The molecule has 0 unspecified atom stereocenters. The third-order valence-corrected chi connectivity index (χ3v) is 4.88. The maximum atomic E-state index is 3.49. The second kappa shape index (κ2) is 12.8. The molecule has 0 aromatic heterocycles. The monoisotopic (exact) mass is 343 g/mol. The lowest BCUT2D eigenvalue weighted by Crippen LogP contribution is -2.23. The van der Waals surface area contributed by atoms with E-state index in [0.717, 1.165) is 19.8 Å². The molecular weight excluding hydrogens is 306 g/mol. The molecule has 3 heteroatoms. The molecule has 0 saturated heterocycles. The Morgan fingerprint density at radius 3 is 2.40 bits per heavy atom. The van der Waals surface area contributed by atoms with Crippen LogP contribution in [0.15, 0.2) is 24.3 Å². The van der Waals surface area contributed by atoms with E-state index < -0.39 is 0 Å². The lowest BCUT2D eigenvalue weighted by atomic mass is 10.1. The standard InChI is InChI=1S/C22H37N3/c1-2-3-4-5-6-7-8-9-10-11-16-23-19-25-21-14-15-22-20(18-21)13-12-17-24-22/h12-15,18,23-25H,2-11,16-17,19H2,1H3. The van der Waals surface area contributed by atoms with Crippen molar-refractivity contribution in [1.29, 1.82) is 0 Å². The quantitative estimate of drug-likeness (QED) is 0.286. The molecule has 0 radical (unpaired) electrons. The van der Waals surface area contributed by atoms with Gasteiger partial charge in [-0.3, -0.25) is 0 Å². The van der Waals surface area contributed by atoms with Crippen molar-refractivity contribution in [3.63, 3.8) is 0 Å². The Balaban J connectivity index is 1.41. The van der Waals surface area contributed by atoms with E-state index in [1.54, 1.807) is 0 Å². The molecule has 0 spiro atoms. The minimum atomic E-state index is 0.841. The molecule has 0 atom stereocenters. The highest BCUT2D eigenvalue weighted by Gasteiger charge is 2.03. The minimum absolute atomic E-state index is 0.841. The summed E-state index contributed by atoms with van der Waals surface area (Å²) in [6, 6.07) is 6.51. The summed E-state index contributed by atoms with van der Waals surface area (Å²) in [4.78, 5) is 0. The molecule has 1 aromatic carbocycles. The second-order valence-corrected chi connectivity index (χ2v) is 7.12. The number of hydrogen-bond acceptors (Lipinski definition) is 3. The van der Waals surface area contributed by atoms with Gasteiger partial charge in [-0.25, -0.2) is 0 Å². The molecular formula is C22H37N3. The molecule has 140 valence electrons. The summed E-state index contributed by atoms with van der Waals surface area (Å²) in [5, 5.41) is 10.3. The van der Waals surface area contributed by atoms with Gasteiger partial charge < -0.3 is 16.0 Å². The number of hydrogen-bond donors (Lipinski definition) is 3. The fourth-order valence-electron chi connectivity index (χ4n) is 3.32. The van der Waals surface area contributed by atoms with Crippen molar-refractivity contribution in [3.8, 4) is 0 Å². The van der Waals surface area contributed by atoms with E-state index in [-0.39, 0.29) is 0 Å². The molecule has 0 bridgehead atoms. The average molecular weight is 344 g/mol. The van der Waals surface area contributed by atoms with Crippen molar-refractivity contribution < 1.29 is 0 Å². The average Bonchev–Trinajstić information content (AvgIpc) is 2.65. The van der Waals surface area contributed by atoms with Gasteiger partial charge in [0.1, 0.15) is 0 Å². The van der Waals surface area contributed by atoms with Gasteiger partial charge in [-0.1, -0.05) is 76.9 Å². The zero-order valence-corrected chi connectivity index (χ0v) is 16.1. The van der Waals surface area contributed by atoms with Gasteiger partial charge in [-0.2, -0.15) is 0 Å². The van der Waals surface area contributed by atoms with Crippen LogP contribution in [0.4, 0.5) is 11.4 Å². The highest BCUT2D eigenvalue weighted by molar-refractivity contribution is 5.73. The first kappa shape index (κ1) is 19.8. The van der Waals surface area contributed by atoms with E-state index in [9.17, 15) is 0 Å². The summed E-state index contributed by atoms with van der Waals surface area (Å²) in [6.07, 6.45) is 18.3. The Morgan fingerprint density at radius 2 is 1.64 bits per heavy atom. The van der Waals surface area contributed by atoms with Gasteiger partial charge in [0.05, 0.1) is 6.67 Å². The third kappa shape index (κ3) is 8.44. The summed E-state index contributed by atoms with van der Waals surface area (Å²) in [6.45, 7) is 5.16. The molecule has 3 nitrogen and oxygen atoms in total. The van der Waals surface area contributed by atoms with E-state index in [1.165, 1.54) is 81.1 Å². The fraction of sp³-hybridized carbons (Fsp3) is 0.636. The Kier molecular flexibility index (Phi) is 10.2. The number of rotatable bonds is 14. The normalized spacial score (nSPS) is 12.7. The van der Waals surface area contributed by atoms with Gasteiger partial charge in [0.15, 0.2) is 0 Å². The molecule has 25 heavy (non-hydrogen) atoms. The smallest absolute Gasteiger partial charge is 0.0653 e. The molecule has 3 N–H and O–H groups in total. The highest BCUT2D eigenvalue weighted by atomic mass is 15.1. The Bertz CT molecular complexity index is 496. The predicted molar refractivity (Wildman–Crippen MR) is 112 cm³/mol. The van der Waals surface area contributed by atoms with Crippen molar-refractivity contribution in [2.75, 3.05) is 30.4 Å². The molecule has 1 aliphatic rings. The predicted octanol–water partition coefficient (Wildman–Crippen LogP) is 6.01. The summed E-state index contributed by atoms with van der Waals surface area (Å²) in [5.41, 5.74) is 3.68. The molecule has 0 amide bonds. The number of nitrogens with one attached hydrogen (secondary N) is 3. The SMILES string of the molecule is CCCCCCCCCCCCNCNc1ccc2c(c1)C=CCN2. The van der Waals surface area contributed by atoms with Gasteiger partial charge in [0.2, 0.25) is 0 Å². The first-order valence-corrected chi connectivity index (χ1v) is 10.4. The van der Waals surface area contributed by atoms with Crippen LogP contribution in [-0.2, 0) is 0 Å². The zero-order valence-electron chi connectivity index (χ0n) is 16.1. The molecule has 1 aromatic rings. The van der Waals surface area contributed by atoms with Crippen LogP contribution in [0, 0.1) is 0 Å². The second-order valence-electron chi connectivity index (χ2n) is 7.12. The van der Waals surface area contributed by atoms with Gasteiger partial charge in [0, 0.05) is 17.9 Å². The summed E-state index contributed by atoms with van der Waals surface area (Å²) >= 11 is 0. The maximum absolute atomic E-state index is 3.49. The maximum Gasteiger partial charge on any atom is 0.0653 e. The van der Waals surface area contributed by atoms with E-state index >= 15 is 0 Å². The summed E-state index contributed by atoms with van der Waals surface area (Å²) in [5.74, 6) is 0. The van der Waals surface area contributed by atoms with Gasteiger partial charge >= 0.3 is 0 Å². The van der Waals surface area contributed by atoms with Gasteiger partial charge in [-0.15, -0.1) is 0 Å². The van der Waals surface area contributed by atoms with Crippen LogP contribution in [0.3, 0.4) is 0 Å². The number of anilines is 2. The van der Waals surface area contributed by atoms with Crippen molar-refractivity contribution in [2.45, 2.75) is 71.1 Å². The van der Waals surface area contributed by atoms with Crippen LogP contribution < -0.4 is 16.0 Å². The third-order valence-electron chi connectivity index (χ3n) is 4.88. The fourth-order valence-corrected chi connectivity index (χ4v) is 3.32. The first-order valence-electron chi connectivity index (χ1n) is 10.4. The first-order chi connectivity index (χ1) is 12.4. The highest BCUT2D eigenvalue weighted by Crippen LogP contribution is 2.24. The van der Waals surface area contributed by atoms with Crippen LogP contribution in [0.1, 0.15) is 76.7 Å². The van der Waals surface area contributed by atoms with E-state index in [0.29, 0.717) is 0 Å². The Labute approximate surface area is 154 Å². The number of unbranched alkanes of at least 4 members (excludes halogenated alkanes) is 9. The van der Waals surface area contributed by atoms with E-state index in [4.69, 9.17) is 0 Å². The van der Waals surface area contributed by atoms with E-state index in [2.05, 4.69) is 53.2 Å². The molecule has 1 aliphatic heterocycles. The molecule has 0 aliphatic carbocycles.